The summed E-state index contributed by atoms with van der Waals surface area (Å²) in [7, 11) is 0. The Hall–Kier alpha value is 0.300. The van der Waals surface area contributed by atoms with Crippen LogP contribution < -0.4 is 5.32 Å². The normalized spacial score (nSPS) is 20.2. The monoisotopic (exact) mass is 319 g/mol. The van der Waals surface area contributed by atoms with Crippen LogP contribution in [-0.2, 0) is 6.54 Å². The molecule has 16 heavy (non-hydrogen) atoms. The van der Waals surface area contributed by atoms with Gasteiger partial charge in [0.15, 0.2) is 0 Å². The fourth-order valence-electron chi connectivity index (χ4n) is 1.82. The van der Waals surface area contributed by atoms with E-state index in [9.17, 15) is 0 Å². The third-order valence-corrected chi connectivity index (χ3v) is 4.99. The molecule has 1 saturated heterocycles. The van der Waals surface area contributed by atoms with Crippen LogP contribution in [0.4, 0.5) is 0 Å². The molecule has 1 N–H and O–H groups in total. The summed E-state index contributed by atoms with van der Waals surface area (Å²) in [6, 6.07) is 5.96. The lowest BCUT2D eigenvalue weighted by molar-refractivity contribution is 0.523. The quantitative estimate of drug-likeness (QED) is 0.901. The van der Waals surface area contributed by atoms with E-state index in [4.69, 9.17) is 11.6 Å². The summed E-state index contributed by atoms with van der Waals surface area (Å²) < 4.78 is 1.09. The molecule has 4 heteroatoms. The minimum atomic E-state index is 0.780. The van der Waals surface area contributed by atoms with Gasteiger partial charge in [-0.3, -0.25) is 0 Å². The molecule has 1 fully saturated rings. The fraction of sp³-hybridized carbons (Fsp3) is 0.500. The van der Waals surface area contributed by atoms with Crippen molar-refractivity contribution in [2.75, 3.05) is 18.1 Å². The second-order valence-electron chi connectivity index (χ2n) is 4.10. The summed E-state index contributed by atoms with van der Waals surface area (Å²) in [5, 5.41) is 4.30. The molecule has 0 spiro atoms. The lowest BCUT2D eigenvalue weighted by atomic mass is 10.1. The third-order valence-electron chi connectivity index (χ3n) is 2.79. The third kappa shape index (κ3) is 3.66. The molecule has 1 heterocycles. The highest BCUT2D eigenvalue weighted by molar-refractivity contribution is 9.10. The summed E-state index contributed by atoms with van der Waals surface area (Å²) in [6.07, 6.45) is 1.36. The molecule has 1 unspecified atom stereocenters. The van der Waals surface area contributed by atoms with Gasteiger partial charge in [-0.05, 0) is 48.1 Å². The number of hydrogen-bond donors (Lipinski definition) is 1. The van der Waals surface area contributed by atoms with E-state index >= 15 is 0 Å². The molecule has 1 nitrogen and oxygen atoms in total. The lowest BCUT2D eigenvalue weighted by Crippen LogP contribution is -2.22. The molecule has 88 valence electrons. The zero-order valence-electron chi connectivity index (χ0n) is 9.01. The molecular formula is C12H15BrClNS. The van der Waals surface area contributed by atoms with Gasteiger partial charge in [0.05, 0.1) is 0 Å². The zero-order chi connectivity index (χ0) is 11.4. The summed E-state index contributed by atoms with van der Waals surface area (Å²) >= 11 is 11.5. The highest BCUT2D eigenvalue weighted by atomic mass is 79.9. The van der Waals surface area contributed by atoms with Crippen molar-refractivity contribution < 1.29 is 0 Å². The summed E-state index contributed by atoms with van der Waals surface area (Å²) in [6.45, 7) is 2.04. The number of benzene rings is 1. The van der Waals surface area contributed by atoms with Crippen molar-refractivity contribution in [2.45, 2.75) is 13.0 Å². The summed E-state index contributed by atoms with van der Waals surface area (Å²) in [5.41, 5.74) is 1.27. The van der Waals surface area contributed by atoms with Gasteiger partial charge >= 0.3 is 0 Å². The van der Waals surface area contributed by atoms with Crippen molar-refractivity contribution in [1.29, 1.82) is 0 Å². The molecule has 1 atom stereocenters. The van der Waals surface area contributed by atoms with Gasteiger partial charge in [-0.15, -0.1) is 0 Å². The Bertz CT molecular complexity index is 353. The van der Waals surface area contributed by atoms with Gasteiger partial charge in [-0.25, -0.2) is 0 Å². The van der Waals surface area contributed by atoms with E-state index < -0.39 is 0 Å². The Morgan fingerprint density at radius 1 is 1.50 bits per heavy atom. The predicted molar refractivity (Wildman–Crippen MR) is 76.3 cm³/mol. The van der Waals surface area contributed by atoms with Crippen LogP contribution in [0.5, 0.6) is 0 Å². The van der Waals surface area contributed by atoms with Crippen LogP contribution in [0, 0.1) is 5.92 Å². The molecule has 2 rings (SSSR count). The van der Waals surface area contributed by atoms with Crippen LogP contribution in [0.2, 0.25) is 5.02 Å². The number of thioether (sulfide) groups is 1. The van der Waals surface area contributed by atoms with Gasteiger partial charge < -0.3 is 5.32 Å². The summed E-state index contributed by atoms with van der Waals surface area (Å²) in [4.78, 5) is 0. The predicted octanol–water partition coefficient (Wildman–Crippen LogP) is 3.95. The molecule has 1 aliphatic rings. The maximum atomic E-state index is 5.90. The van der Waals surface area contributed by atoms with Crippen LogP contribution in [0.15, 0.2) is 22.7 Å². The second-order valence-corrected chi connectivity index (χ2v) is 6.54. The maximum Gasteiger partial charge on any atom is 0.0417 e. The van der Waals surface area contributed by atoms with Crippen molar-refractivity contribution in [3.8, 4) is 0 Å². The van der Waals surface area contributed by atoms with E-state index in [-0.39, 0.29) is 0 Å². The SMILES string of the molecule is Clc1ccc(CNCC2CCSC2)c(Br)c1. The van der Waals surface area contributed by atoms with E-state index in [1.54, 1.807) is 0 Å². The molecule has 0 aliphatic carbocycles. The van der Waals surface area contributed by atoms with Gasteiger partial charge in [-0.1, -0.05) is 33.6 Å². The average molecular weight is 321 g/mol. The lowest BCUT2D eigenvalue weighted by Gasteiger charge is -2.11. The topological polar surface area (TPSA) is 12.0 Å². The number of rotatable bonds is 4. The van der Waals surface area contributed by atoms with Crippen molar-refractivity contribution in [3.63, 3.8) is 0 Å². The van der Waals surface area contributed by atoms with Gasteiger partial charge in [0.2, 0.25) is 0 Å². The van der Waals surface area contributed by atoms with Gasteiger partial charge in [-0.2, -0.15) is 11.8 Å². The van der Waals surface area contributed by atoms with Crippen LogP contribution >= 0.6 is 39.3 Å². The van der Waals surface area contributed by atoms with Crippen molar-refractivity contribution in [2.24, 2.45) is 5.92 Å². The van der Waals surface area contributed by atoms with Crippen LogP contribution in [-0.4, -0.2) is 18.1 Å². The standard InChI is InChI=1S/C12H15BrClNS/c13-12-5-11(14)2-1-10(12)7-15-6-9-3-4-16-8-9/h1-2,5,9,15H,3-4,6-8H2. The molecule has 0 radical (unpaired) electrons. The number of hydrogen-bond acceptors (Lipinski definition) is 2. The van der Waals surface area contributed by atoms with E-state index in [1.807, 2.05) is 12.1 Å². The first-order chi connectivity index (χ1) is 7.75. The Morgan fingerprint density at radius 3 is 3.06 bits per heavy atom. The first-order valence-electron chi connectivity index (χ1n) is 5.48. The molecule has 0 amide bonds. The van der Waals surface area contributed by atoms with Crippen molar-refractivity contribution in [1.82, 2.24) is 5.32 Å². The molecule has 1 aromatic carbocycles. The van der Waals surface area contributed by atoms with Crippen LogP contribution in [0.1, 0.15) is 12.0 Å². The highest BCUT2D eigenvalue weighted by Crippen LogP contribution is 2.23. The number of halogens is 2. The van der Waals surface area contributed by atoms with E-state index in [0.717, 1.165) is 28.5 Å². The number of nitrogens with one attached hydrogen (secondary N) is 1. The second kappa shape index (κ2) is 6.29. The molecule has 1 aliphatic heterocycles. The smallest absolute Gasteiger partial charge is 0.0417 e. The molecule has 0 saturated carbocycles. The first kappa shape index (κ1) is 12.7. The van der Waals surface area contributed by atoms with E-state index in [2.05, 4.69) is 39.1 Å². The Balaban J connectivity index is 1.80. The van der Waals surface area contributed by atoms with Gasteiger partial charge in [0.1, 0.15) is 0 Å². The largest absolute Gasteiger partial charge is 0.312 e. The highest BCUT2D eigenvalue weighted by Gasteiger charge is 2.14. The van der Waals surface area contributed by atoms with Gasteiger partial charge in [0.25, 0.3) is 0 Å². The van der Waals surface area contributed by atoms with E-state index in [1.165, 1.54) is 23.5 Å². The van der Waals surface area contributed by atoms with Crippen LogP contribution in [0.25, 0.3) is 0 Å². The molecule has 0 bridgehead atoms. The fourth-order valence-corrected chi connectivity index (χ4v) is 3.93. The molecule has 1 aromatic rings. The first-order valence-corrected chi connectivity index (χ1v) is 7.80. The molecular weight excluding hydrogens is 306 g/mol. The summed E-state index contributed by atoms with van der Waals surface area (Å²) in [5.74, 6) is 3.50. The van der Waals surface area contributed by atoms with Crippen molar-refractivity contribution >= 4 is 39.3 Å². The van der Waals surface area contributed by atoms with Crippen molar-refractivity contribution in [3.05, 3.63) is 33.3 Å². The Kier molecular flexibility index (Phi) is 5.01. The Morgan fingerprint density at radius 2 is 2.38 bits per heavy atom. The van der Waals surface area contributed by atoms with Gasteiger partial charge in [0, 0.05) is 16.0 Å². The minimum Gasteiger partial charge on any atom is -0.312 e. The molecule has 0 aromatic heterocycles. The zero-order valence-corrected chi connectivity index (χ0v) is 12.2. The van der Waals surface area contributed by atoms with E-state index in [0.29, 0.717) is 0 Å². The maximum absolute atomic E-state index is 5.90. The average Bonchev–Trinajstić information content (AvgIpc) is 2.74. The minimum absolute atomic E-state index is 0.780. The van der Waals surface area contributed by atoms with Crippen LogP contribution in [0.3, 0.4) is 0 Å². The Labute approximate surface area is 114 Å².